The van der Waals surface area contributed by atoms with Crippen molar-refractivity contribution in [3.05, 3.63) is 65.7 Å². The summed E-state index contributed by atoms with van der Waals surface area (Å²) in [4.78, 5) is 16.6. The Kier molecular flexibility index (Phi) is 7.55. The number of ether oxygens (including phenoxy) is 1. The van der Waals surface area contributed by atoms with Crippen molar-refractivity contribution >= 4 is 23.2 Å². The van der Waals surface area contributed by atoms with E-state index in [4.69, 9.17) is 10.5 Å². The van der Waals surface area contributed by atoms with Crippen LogP contribution in [0.15, 0.2) is 64.9 Å². The van der Waals surface area contributed by atoms with E-state index in [9.17, 15) is 15.2 Å². The number of benzene rings is 2. The predicted molar refractivity (Wildman–Crippen MR) is 127 cm³/mol. The molecule has 0 aromatic heterocycles. The van der Waals surface area contributed by atoms with Crippen molar-refractivity contribution in [2.45, 2.75) is 39.0 Å². The van der Waals surface area contributed by atoms with Crippen molar-refractivity contribution in [3.63, 3.8) is 0 Å². The average molecular weight is 454 g/mol. The van der Waals surface area contributed by atoms with Crippen LogP contribution in [-0.4, -0.2) is 64.1 Å². The maximum atomic E-state index is 13.1. The minimum atomic E-state index is -0.723. The van der Waals surface area contributed by atoms with Gasteiger partial charge in [0.25, 0.3) is 0 Å². The molecule has 1 saturated heterocycles. The molecule has 4 N–H and O–H groups in total. The largest absolute Gasteiger partial charge is 0.444 e. The van der Waals surface area contributed by atoms with Crippen LogP contribution in [0.25, 0.3) is 0 Å². The molecule has 176 valence electrons. The molecule has 1 heterocycles. The van der Waals surface area contributed by atoms with E-state index in [0.29, 0.717) is 31.7 Å². The normalized spacial score (nSPS) is 17.8. The molecule has 0 saturated carbocycles. The van der Waals surface area contributed by atoms with Crippen molar-refractivity contribution < 1.29 is 19.9 Å². The van der Waals surface area contributed by atoms with Crippen molar-refractivity contribution in [2.75, 3.05) is 24.5 Å². The van der Waals surface area contributed by atoms with Gasteiger partial charge in [0.2, 0.25) is 0 Å². The van der Waals surface area contributed by atoms with Gasteiger partial charge in [0, 0.05) is 37.4 Å². The molecule has 33 heavy (non-hydrogen) atoms. The van der Waals surface area contributed by atoms with Crippen molar-refractivity contribution in [3.8, 4) is 0 Å². The summed E-state index contributed by atoms with van der Waals surface area (Å²) in [6.45, 7) is 7.01. The first-order valence-corrected chi connectivity index (χ1v) is 10.8. The standard InChI is InChI=1S/C24H31N5O4/c1-24(2,3)33-23(30)29-14-13-28(19-11-9-17(15-25)10-12-19)16-20(29)22(27-32)21(26-31)18-7-5-4-6-8-18/h4-12,20,31-32H,13-16,25H2,1-3H3. The number of anilines is 1. The lowest BCUT2D eigenvalue weighted by Crippen LogP contribution is -2.60. The van der Waals surface area contributed by atoms with Gasteiger partial charge in [-0.2, -0.15) is 0 Å². The fourth-order valence-electron chi connectivity index (χ4n) is 3.76. The summed E-state index contributed by atoms with van der Waals surface area (Å²) in [7, 11) is 0. The predicted octanol–water partition coefficient (Wildman–Crippen LogP) is 3.28. The average Bonchev–Trinajstić information content (AvgIpc) is 2.81. The van der Waals surface area contributed by atoms with Crippen molar-refractivity contribution in [2.24, 2.45) is 16.0 Å². The number of amides is 1. The number of carbonyl (C=O) groups is 1. The third-order valence-electron chi connectivity index (χ3n) is 5.36. The zero-order chi connectivity index (χ0) is 24.0. The zero-order valence-corrected chi connectivity index (χ0v) is 19.2. The molecule has 0 aliphatic carbocycles. The molecule has 1 aliphatic heterocycles. The molecule has 2 aromatic rings. The lowest BCUT2D eigenvalue weighted by molar-refractivity contribution is 0.0198. The Labute approximate surface area is 193 Å². The fourth-order valence-corrected chi connectivity index (χ4v) is 3.76. The summed E-state index contributed by atoms with van der Waals surface area (Å²) in [6.07, 6.45) is -0.530. The van der Waals surface area contributed by atoms with Gasteiger partial charge in [-0.25, -0.2) is 4.79 Å². The third-order valence-corrected chi connectivity index (χ3v) is 5.36. The SMILES string of the molecule is CC(C)(C)OC(=O)N1CCN(c2ccc(CN)cc2)CC1C(=NO)C(=NO)c1ccccc1. The number of hydrogen-bond donors (Lipinski definition) is 3. The lowest BCUT2D eigenvalue weighted by Gasteiger charge is -2.42. The van der Waals surface area contributed by atoms with E-state index in [2.05, 4.69) is 15.2 Å². The maximum absolute atomic E-state index is 13.1. The quantitative estimate of drug-likeness (QED) is 0.363. The highest BCUT2D eigenvalue weighted by molar-refractivity contribution is 6.50. The molecule has 9 nitrogen and oxygen atoms in total. The van der Waals surface area contributed by atoms with Gasteiger partial charge in [-0.05, 0) is 38.5 Å². The second-order valence-corrected chi connectivity index (χ2v) is 8.81. The van der Waals surface area contributed by atoms with Crippen LogP contribution in [-0.2, 0) is 11.3 Å². The summed E-state index contributed by atoms with van der Waals surface area (Å²) in [5.41, 5.74) is 7.68. The van der Waals surface area contributed by atoms with E-state index in [1.165, 1.54) is 4.90 Å². The molecule has 0 spiro atoms. The summed E-state index contributed by atoms with van der Waals surface area (Å²) < 4.78 is 5.61. The van der Waals surface area contributed by atoms with Gasteiger partial charge in [-0.3, -0.25) is 4.90 Å². The Bertz CT molecular complexity index is 1000. The fraction of sp³-hybridized carbons (Fsp3) is 0.375. The van der Waals surface area contributed by atoms with Gasteiger partial charge in [0.05, 0.1) is 0 Å². The number of oxime groups is 2. The first kappa shape index (κ1) is 24.1. The Balaban J connectivity index is 1.97. The Hall–Kier alpha value is -3.59. The summed E-state index contributed by atoms with van der Waals surface area (Å²) in [5.74, 6) is 0. The van der Waals surface area contributed by atoms with Crippen LogP contribution in [0.4, 0.5) is 10.5 Å². The number of rotatable bonds is 5. The van der Waals surface area contributed by atoms with Gasteiger partial charge in [-0.1, -0.05) is 52.8 Å². The van der Waals surface area contributed by atoms with Crippen LogP contribution < -0.4 is 10.6 Å². The Morgan fingerprint density at radius 3 is 2.27 bits per heavy atom. The molecule has 0 radical (unpaired) electrons. The van der Waals surface area contributed by atoms with E-state index in [-0.39, 0.29) is 11.4 Å². The lowest BCUT2D eigenvalue weighted by atomic mass is 9.97. The summed E-state index contributed by atoms with van der Waals surface area (Å²) in [5, 5.41) is 26.7. The first-order valence-electron chi connectivity index (χ1n) is 10.8. The molecule has 1 amide bonds. The van der Waals surface area contributed by atoms with Crippen molar-refractivity contribution in [1.29, 1.82) is 0 Å². The highest BCUT2D eigenvalue weighted by Crippen LogP contribution is 2.24. The van der Waals surface area contributed by atoms with E-state index in [0.717, 1.165) is 11.3 Å². The first-order chi connectivity index (χ1) is 15.8. The number of carbonyl (C=O) groups excluding carboxylic acids is 1. The van der Waals surface area contributed by atoms with Gasteiger partial charge < -0.3 is 25.8 Å². The molecule has 0 bridgehead atoms. The van der Waals surface area contributed by atoms with Gasteiger partial charge in [-0.15, -0.1) is 0 Å². The number of hydrogen-bond acceptors (Lipinski definition) is 8. The Morgan fingerprint density at radius 1 is 1.06 bits per heavy atom. The maximum Gasteiger partial charge on any atom is 0.410 e. The topological polar surface area (TPSA) is 124 Å². The number of nitrogens with zero attached hydrogens (tertiary/aromatic N) is 4. The van der Waals surface area contributed by atoms with E-state index in [1.54, 1.807) is 45.0 Å². The van der Waals surface area contributed by atoms with Crippen LogP contribution in [0.3, 0.4) is 0 Å². The van der Waals surface area contributed by atoms with Crippen LogP contribution in [0.5, 0.6) is 0 Å². The molecular formula is C24H31N5O4. The van der Waals surface area contributed by atoms with Crippen LogP contribution in [0.2, 0.25) is 0 Å². The summed E-state index contributed by atoms with van der Waals surface area (Å²) >= 11 is 0. The Morgan fingerprint density at radius 2 is 1.73 bits per heavy atom. The molecule has 1 fully saturated rings. The molecule has 1 atom stereocenters. The zero-order valence-electron chi connectivity index (χ0n) is 19.2. The van der Waals surface area contributed by atoms with E-state index >= 15 is 0 Å². The second-order valence-electron chi connectivity index (χ2n) is 8.81. The highest BCUT2D eigenvalue weighted by Gasteiger charge is 2.39. The molecule has 9 heteroatoms. The van der Waals surface area contributed by atoms with E-state index < -0.39 is 17.7 Å². The van der Waals surface area contributed by atoms with Gasteiger partial charge in [0.1, 0.15) is 23.1 Å². The van der Waals surface area contributed by atoms with Crippen LogP contribution in [0, 0.1) is 0 Å². The third kappa shape index (κ3) is 5.81. The molecule has 3 rings (SSSR count). The molecule has 2 aromatic carbocycles. The van der Waals surface area contributed by atoms with Gasteiger partial charge in [0.15, 0.2) is 0 Å². The molecule has 1 aliphatic rings. The highest BCUT2D eigenvalue weighted by atomic mass is 16.6. The monoisotopic (exact) mass is 453 g/mol. The number of nitrogens with two attached hydrogens (primary N) is 1. The summed E-state index contributed by atoms with van der Waals surface area (Å²) in [6, 6.07) is 16.0. The van der Waals surface area contributed by atoms with E-state index in [1.807, 2.05) is 30.3 Å². The van der Waals surface area contributed by atoms with Crippen LogP contribution >= 0.6 is 0 Å². The molecular weight excluding hydrogens is 422 g/mol. The second kappa shape index (κ2) is 10.4. The molecule has 1 unspecified atom stereocenters. The van der Waals surface area contributed by atoms with Crippen molar-refractivity contribution in [1.82, 2.24) is 4.90 Å². The number of piperazine rings is 1. The smallest absolute Gasteiger partial charge is 0.410 e. The minimum Gasteiger partial charge on any atom is -0.444 e. The minimum absolute atomic E-state index is 0.0674. The van der Waals surface area contributed by atoms with Gasteiger partial charge >= 0.3 is 6.09 Å². The van der Waals surface area contributed by atoms with Crippen LogP contribution in [0.1, 0.15) is 31.9 Å².